The van der Waals surface area contributed by atoms with Gasteiger partial charge in [0.15, 0.2) is 5.69 Å². The van der Waals surface area contributed by atoms with Gasteiger partial charge in [-0.05, 0) is 46.2 Å². The molecule has 0 aromatic carbocycles. The predicted octanol–water partition coefficient (Wildman–Crippen LogP) is 3.49. The molecule has 2 fully saturated rings. The van der Waals surface area contributed by atoms with Crippen LogP contribution in [0.1, 0.15) is 66.3 Å². The lowest BCUT2D eigenvalue weighted by molar-refractivity contribution is -0.142. The van der Waals surface area contributed by atoms with E-state index < -0.39 is 17.8 Å². The molecular weight excluding hydrogens is 345 g/mol. The van der Waals surface area contributed by atoms with Crippen LogP contribution in [0.3, 0.4) is 0 Å². The number of piperidine rings is 1. The molecular formula is C18H27F3N4O. The molecule has 0 aliphatic carbocycles. The number of rotatable bonds is 2. The number of likely N-dealkylation sites (N-methyl/N-ethyl adjacent to an activating group) is 1. The standard InChI is InChI=1S/C18H27F3N4O/c1-13-15(17(26)24-10-5-3-4-6-11-24)16(18(19,20)21)22-25(13)14-8-7-9-23(2)12-14/h14H,3-12H2,1-2H3. The molecule has 1 atom stereocenters. The molecule has 0 bridgehead atoms. The summed E-state index contributed by atoms with van der Waals surface area (Å²) < 4.78 is 42.4. The average molecular weight is 372 g/mol. The molecule has 2 aliphatic heterocycles. The molecule has 1 amide bonds. The minimum absolute atomic E-state index is 0.125. The summed E-state index contributed by atoms with van der Waals surface area (Å²) in [5, 5.41) is 3.90. The Morgan fingerprint density at radius 3 is 2.31 bits per heavy atom. The fraction of sp³-hybridized carbons (Fsp3) is 0.778. The Labute approximate surface area is 152 Å². The van der Waals surface area contributed by atoms with Crippen LogP contribution in [0.15, 0.2) is 0 Å². The van der Waals surface area contributed by atoms with Crippen LogP contribution in [0.5, 0.6) is 0 Å². The first-order chi connectivity index (χ1) is 12.3. The summed E-state index contributed by atoms with van der Waals surface area (Å²) in [5.74, 6) is -0.521. The van der Waals surface area contributed by atoms with Gasteiger partial charge in [0.1, 0.15) is 0 Å². The Morgan fingerprint density at radius 1 is 1.08 bits per heavy atom. The van der Waals surface area contributed by atoms with Crippen molar-refractivity contribution in [1.29, 1.82) is 0 Å². The molecule has 8 heteroatoms. The highest BCUT2D eigenvalue weighted by Gasteiger charge is 2.42. The maximum Gasteiger partial charge on any atom is 0.435 e. The molecule has 0 saturated carbocycles. The van der Waals surface area contributed by atoms with Gasteiger partial charge in [-0.1, -0.05) is 12.8 Å². The molecule has 1 unspecified atom stereocenters. The molecule has 2 saturated heterocycles. The summed E-state index contributed by atoms with van der Waals surface area (Å²) in [6, 6.07) is -0.125. The largest absolute Gasteiger partial charge is 0.435 e. The minimum Gasteiger partial charge on any atom is -0.339 e. The summed E-state index contributed by atoms with van der Waals surface area (Å²) in [7, 11) is 1.96. The zero-order chi connectivity index (χ0) is 18.9. The van der Waals surface area contributed by atoms with E-state index in [0.717, 1.165) is 45.1 Å². The Bertz CT molecular complexity index is 648. The number of amides is 1. The first-order valence-corrected chi connectivity index (χ1v) is 9.43. The Kier molecular flexibility index (Phi) is 5.60. The highest BCUT2D eigenvalue weighted by Crippen LogP contribution is 2.35. The van der Waals surface area contributed by atoms with Crippen molar-refractivity contribution in [2.24, 2.45) is 0 Å². The van der Waals surface area contributed by atoms with E-state index in [0.29, 0.717) is 25.3 Å². The van der Waals surface area contributed by atoms with Crippen LogP contribution in [0, 0.1) is 6.92 Å². The zero-order valence-electron chi connectivity index (χ0n) is 15.5. The van der Waals surface area contributed by atoms with Gasteiger partial charge in [-0.15, -0.1) is 0 Å². The molecule has 0 radical (unpaired) electrons. The molecule has 1 aromatic rings. The molecule has 0 N–H and O–H groups in total. The van der Waals surface area contributed by atoms with Crippen LogP contribution in [0.25, 0.3) is 0 Å². The molecule has 5 nitrogen and oxygen atoms in total. The topological polar surface area (TPSA) is 41.4 Å². The average Bonchev–Trinajstić information content (AvgIpc) is 2.75. The van der Waals surface area contributed by atoms with Crippen LogP contribution in [0.2, 0.25) is 0 Å². The quantitative estimate of drug-likeness (QED) is 0.798. The normalized spacial score (nSPS) is 23.1. The molecule has 26 heavy (non-hydrogen) atoms. The number of halogens is 3. The molecule has 3 rings (SSSR count). The third-order valence-corrected chi connectivity index (χ3v) is 5.47. The molecule has 1 aromatic heterocycles. The van der Waals surface area contributed by atoms with Gasteiger partial charge in [0.05, 0.1) is 11.6 Å². The Hall–Kier alpha value is -1.57. The second-order valence-corrected chi connectivity index (χ2v) is 7.52. The summed E-state index contributed by atoms with van der Waals surface area (Å²) in [6.45, 7) is 4.22. The number of hydrogen-bond donors (Lipinski definition) is 0. The first-order valence-electron chi connectivity index (χ1n) is 9.43. The monoisotopic (exact) mass is 372 g/mol. The van der Waals surface area contributed by atoms with E-state index in [9.17, 15) is 18.0 Å². The van der Waals surface area contributed by atoms with Crippen molar-refractivity contribution in [3.63, 3.8) is 0 Å². The first kappa shape index (κ1) is 19.2. The van der Waals surface area contributed by atoms with Crippen LogP contribution >= 0.6 is 0 Å². The number of likely N-dealkylation sites (tertiary alicyclic amines) is 2. The SMILES string of the molecule is Cc1c(C(=O)N2CCCCCC2)c(C(F)(F)F)nn1C1CCCN(C)C1. The molecule has 146 valence electrons. The number of aromatic nitrogens is 2. The summed E-state index contributed by atoms with van der Waals surface area (Å²) in [4.78, 5) is 16.6. The fourth-order valence-electron chi connectivity index (χ4n) is 4.10. The number of hydrogen-bond acceptors (Lipinski definition) is 3. The highest BCUT2D eigenvalue weighted by molar-refractivity contribution is 5.96. The van der Waals surface area contributed by atoms with E-state index in [4.69, 9.17) is 0 Å². The van der Waals surface area contributed by atoms with Crippen LogP contribution in [-0.2, 0) is 6.18 Å². The minimum atomic E-state index is -4.63. The lowest BCUT2D eigenvalue weighted by atomic mass is 10.1. The van der Waals surface area contributed by atoms with Gasteiger partial charge in [0, 0.05) is 25.3 Å². The van der Waals surface area contributed by atoms with Crippen molar-refractivity contribution in [3.8, 4) is 0 Å². The van der Waals surface area contributed by atoms with Crippen LogP contribution < -0.4 is 0 Å². The summed E-state index contributed by atoms with van der Waals surface area (Å²) in [5.41, 5.74) is -0.947. The van der Waals surface area contributed by atoms with E-state index in [2.05, 4.69) is 10.00 Å². The third kappa shape index (κ3) is 3.89. The van der Waals surface area contributed by atoms with Gasteiger partial charge in [0.25, 0.3) is 5.91 Å². The van der Waals surface area contributed by atoms with E-state index in [1.54, 1.807) is 11.8 Å². The van der Waals surface area contributed by atoms with Crippen LogP contribution in [0.4, 0.5) is 13.2 Å². The number of carbonyl (C=O) groups is 1. The van der Waals surface area contributed by atoms with Crippen molar-refractivity contribution in [1.82, 2.24) is 19.6 Å². The lowest BCUT2D eigenvalue weighted by Crippen LogP contribution is -2.35. The summed E-state index contributed by atoms with van der Waals surface area (Å²) in [6.07, 6.45) is 0.776. The van der Waals surface area contributed by atoms with Crippen molar-refractivity contribution < 1.29 is 18.0 Å². The molecule has 2 aliphatic rings. The van der Waals surface area contributed by atoms with Gasteiger partial charge in [-0.25, -0.2) is 0 Å². The Morgan fingerprint density at radius 2 is 1.73 bits per heavy atom. The fourth-order valence-corrected chi connectivity index (χ4v) is 4.10. The second-order valence-electron chi connectivity index (χ2n) is 7.52. The molecule has 0 spiro atoms. The predicted molar refractivity (Wildman–Crippen MR) is 92.1 cm³/mol. The van der Waals surface area contributed by atoms with E-state index in [1.807, 2.05) is 7.05 Å². The van der Waals surface area contributed by atoms with E-state index in [1.165, 1.54) is 4.68 Å². The van der Waals surface area contributed by atoms with Gasteiger partial charge >= 0.3 is 6.18 Å². The maximum absolute atomic E-state index is 13.6. The second kappa shape index (κ2) is 7.58. The van der Waals surface area contributed by atoms with Crippen LogP contribution in [-0.4, -0.2) is 58.7 Å². The van der Waals surface area contributed by atoms with E-state index in [-0.39, 0.29) is 11.6 Å². The maximum atomic E-state index is 13.6. The van der Waals surface area contributed by atoms with Gasteiger partial charge in [0.2, 0.25) is 0 Å². The van der Waals surface area contributed by atoms with Crippen molar-refractivity contribution in [3.05, 3.63) is 17.0 Å². The Balaban J connectivity index is 1.98. The van der Waals surface area contributed by atoms with Crippen molar-refractivity contribution in [2.45, 2.75) is 57.7 Å². The number of nitrogens with zero attached hydrogens (tertiary/aromatic N) is 4. The lowest BCUT2D eigenvalue weighted by Gasteiger charge is -2.30. The number of alkyl halides is 3. The van der Waals surface area contributed by atoms with E-state index >= 15 is 0 Å². The van der Waals surface area contributed by atoms with Gasteiger partial charge in [-0.3, -0.25) is 9.48 Å². The highest BCUT2D eigenvalue weighted by atomic mass is 19.4. The number of carbonyl (C=O) groups excluding carboxylic acids is 1. The third-order valence-electron chi connectivity index (χ3n) is 5.47. The van der Waals surface area contributed by atoms with Gasteiger partial charge < -0.3 is 9.80 Å². The summed E-state index contributed by atoms with van der Waals surface area (Å²) >= 11 is 0. The van der Waals surface area contributed by atoms with Crippen molar-refractivity contribution >= 4 is 5.91 Å². The van der Waals surface area contributed by atoms with Gasteiger partial charge in [-0.2, -0.15) is 18.3 Å². The smallest absolute Gasteiger partial charge is 0.339 e. The van der Waals surface area contributed by atoms with Crippen molar-refractivity contribution in [2.75, 3.05) is 33.2 Å². The zero-order valence-corrected chi connectivity index (χ0v) is 15.5. The molecule has 3 heterocycles.